The van der Waals surface area contributed by atoms with Crippen LogP contribution >= 0.6 is 0 Å². The first-order valence-electron chi connectivity index (χ1n) is 5.90. The number of halogens is 1. The number of amides is 1. The minimum Gasteiger partial charge on any atom is -0.336 e. The van der Waals surface area contributed by atoms with Crippen molar-refractivity contribution in [3.8, 4) is 0 Å². The molecule has 1 heterocycles. The number of nitro groups is 1. The summed E-state index contributed by atoms with van der Waals surface area (Å²) in [7, 11) is 1.95. The van der Waals surface area contributed by atoms with E-state index in [0.29, 0.717) is 13.1 Å². The van der Waals surface area contributed by atoms with Crippen LogP contribution in [0.4, 0.5) is 10.1 Å². The van der Waals surface area contributed by atoms with Crippen LogP contribution in [0.15, 0.2) is 18.2 Å². The Bertz CT molecular complexity index is 513. The van der Waals surface area contributed by atoms with Crippen molar-refractivity contribution in [1.82, 2.24) is 9.80 Å². The van der Waals surface area contributed by atoms with Gasteiger partial charge in [0.1, 0.15) is 5.82 Å². The van der Waals surface area contributed by atoms with Gasteiger partial charge in [0.05, 0.1) is 11.0 Å². The van der Waals surface area contributed by atoms with Crippen molar-refractivity contribution in [2.75, 3.05) is 33.2 Å². The fraction of sp³-hybridized carbons (Fsp3) is 0.417. The average molecular weight is 267 g/mol. The number of nitrogens with zero attached hydrogens (tertiary/aromatic N) is 3. The summed E-state index contributed by atoms with van der Waals surface area (Å²) >= 11 is 0. The summed E-state index contributed by atoms with van der Waals surface area (Å²) in [5.74, 6) is -1.14. The first-order chi connectivity index (χ1) is 8.97. The maximum atomic E-state index is 13.3. The topological polar surface area (TPSA) is 66.7 Å². The second-order valence-corrected chi connectivity index (χ2v) is 4.55. The van der Waals surface area contributed by atoms with E-state index in [9.17, 15) is 19.3 Å². The molecule has 1 saturated heterocycles. The third-order valence-corrected chi connectivity index (χ3v) is 3.13. The zero-order valence-electron chi connectivity index (χ0n) is 10.5. The van der Waals surface area contributed by atoms with Gasteiger partial charge in [0.15, 0.2) is 0 Å². The lowest BCUT2D eigenvalue weighted by molar-refractivity contribution is -0.385. The summed E-state index contributed by atoms with van der Waals surface area (Å²) in [6.07, 6.45) is 0. The van der Waals surface area contributed by atoms with Gasteiger partial charge in [-0.3, -0.25) is 14.9 Å². The molecule has 0 unspecified atom stereocenters. The van der Waals surface area contributed by atoms with Crippen molar-refractivity contribution < 1.29 is 14.1 Å². The van der Waals surface area contributed by atoms with E-state index in [1.165, 1.54) is 0 Å². The lowest BCUT2D eigenvalue weighted by Gasteiger charge is -2.32. The van der Waals surface area contributed by atoms with E-state index in [0.717, 1.165) is 31.3 Å². The molecule has 19 heavy (non-hydrogen) atoms. The third-order valence-electron chi connectivity index (χ3n) is 3.13. The molecule has 0 saturated carbocycles. The zero-order chi connectivity index (χ0) is 14.0. The van der Waals surface area contributed by atoms with Crippen LogP contribution in [0.5, 0.6) is 0 Å². The van der Waals surface area contributed by atoms with Crippen molar-refractivity contribution >= 4 is 11.6 Å². The fourth-order valence-electron chi connectivity index (χ4n) is 2.00. The van der Waals surface area contributed by atoms with Crippen molar-refractivity contribution in [3.63, 3.8) is 0 Å². The summed E-state index contributed by atoms with van der Waals surface area (Å²) in [6, 6.07) is 2.96. The van der Waals surface area contributed by atoms with Gasteiger partial charge in [-0.25, -0.2) is 4.39 Å². The average Bonchev–Trinajstić information content (AvgIpc) is 2.38. The minimum atomic E-state index is -0.772. The molecule has 1 aliphatic rings. The molecule has 2 rings (SSSR count). The van der Waals surface area contributed by atoms with Crippen LogP contribution in [0.2, 0.25) is 0 Å². The monoisotopic (exact) mass is 267 g/mol. The second-order valence-electron chi connectivity index (χ2n) is 4.55. The molecule has 1 fully saturated rings. The van der Waals surface area contributed by atoms with E-state index in [1.54, 1.807) is 4.90 Å². The van der Waals surface area contributed by atoms with Gasteiger partial charge in [-0.2, -0.15) is 0 Å². The third kappa shape index (κ3) is 3.05. The van der Waals surface area contributed by atoms with E-state index in [4.69, 9.17) is 0 Å². The summed E-state index contributed by atoms with van der Waals surface area (Å²) in [5, 5.41) is 10.7. The van der Waals surface area contributed by atoms with E-state index in [2.05, 4.69) is 4.90 Å². The van der Waals surface area contributed by atoms with Crippen LogP contribution in [0.1, 0.15) is 10.4 Å². The van der Waals surface area contributed by atoms with Crippen molar-refractivity contribution in [2.24, 2.45) is 0 Å². The lowest BCUT2D eigenvalue weighted by Crippen LogP contribution is -2.47. The molecular formula is C12H14FN3O3. The Labute approximate surface area is 109 Å². The molecule has 1 aromatic rings. The number of carbonyl (C=O) groups excluding carboxylic acids is 1. The number of non-ortho nitro benzene ring substituents is 1. The molecule has 102 valence electrons. The van der Waals surface area contributed by atoms with Crippen molar-refractivity contribution in [3.05, 3.63) is 39.7 Å². The van der Waals surface area contributed by atoms with Crippen LogP contribution in [0.3, 0.4) is 0 Å². The lowest BCUT2D eigenvalue weighted by atomic mass is 10.1. The zero-order valence-corrected chi connectivity index (χ0v) is 10.5. The van der Waals surface area contributed by atoms with Gasteiger partial charge in [0.25, 0.3) is 11.6 Å². The van der Waals surface area contributed by atoms with Crippen molar-refractivity contribution in [2.45, 2.75) is 0 Å². The molecule has 0 radical (unpaired) electrons. The highest BCUT2D eigenvalue weighted by molar-refractivity contribution is 5.95. The molecular weight excluding hydrogens is 253 g/mol. The van der Waals surface area contributed by atoms with Crippen LogP contribution in [0, 0.1) is 15.9 Å². The molecule has 0 bridgehead atoms. The Morgan fingerprint density at radius 1 is 1.26 bits per heavy atom. The Kier molecular flexibility index (Phi) is 3.75. The maximum Gasteiger partial charge on any atom is 0.273 e. The summed E-state index contributed by atoms with van der Waals surface area (Å²) < 4.78 is 13.3. The van der Waals surface area contributed by atoms with Gasteiger partial charge in [0.2, 0.25) is 0 Å². The van der Waals surface area contributed by atoms with Crippen LogP contribution in [-0.2, 0) is 0 Å². The normalized spacial score (nSPS) is 16.4. The summed E-state index contributed by atoms with van der Waals surface area (Å²) in [5.41, 5.74) is -0.381. The number of hydrogen-bond acceptors (Lipinski definition) is 4. The van der Waals surface area contributed by atoms with E-state index in [1.807, 2.05) is 7.05 Å². The quantitative estimate of drug-likeness (QED) is 0.595. The number of likely N-dealkylation sites (N-methyl/N-ethyl adjacent to an activating group) is 1. The molecule has 6 nitrogen and oxygen atoms in total. The molecule has 1 amide bonds. The van der Waals surface area contributed by atoms with Gasteiger partial charge >= 0.3 is 0 Å². The van der Waals surface area contributed by atoms with Crippen molar-refractivity contribution in [1.29, 1.82) is 0 Å². The number of nitro benzene ring substituents is 1. The van der Waals surface area contributed by atoms with Crippen LogP contribution < -0.4 is 0 Å². The van der Waals surface area contributed by atoms with Gasteiger partial charge in [0, 0.05) is 37.8 Å². The number of carbonyl (C=O) groups is 1. The van der Waals surface area contributed by atoms with Gasteiger partial charge < -0.3 is 9.80 Å². The molecule has 0 aromatic heterocycles. The van der Waals surface area contributed by atoms with E-state index < -0.39 is 16.4 Å². The van der Waals surface area contributed by atoms with Crippen LogP contribution in [-0.4, -0.2) is 53.9 Å². The SMILES string of the molecule is CN1CCN(C(=O)c2cc(F)cc([N+](=O)[O-])c2)CC1. The predicted octanol–water partition coefficient (Wildman–Crippen LogP) is 1.12. The minimum absolute atomic E-state index is 0.0243. The van der Waals surface area contributed by atoms with E-state index >= 15 is 0 Å². The van der Waals surface area contributed by atoms with Gasteiger partial charge in [-0.05, 0) is 13.1 Å². The van der Waals surface area contributed by atoms with E-state index in [-0.39, 0.29) is 11.5 Å². The smallest absolute Gasteiger partial charge is 0.273 e. The molecule has 0 spiro atoms. The number of benzene rings is 1. The molecule has 1 aliphatic heterocycles. The fourth-order valence-corrected chi connectivity index (χ4v) is 2.00. The molecule has 0 atom stereocenters. The second kappa shape index (κ2) is 5.31. The van der Waals surface area contributed by atoms with Gasteiger partial charge in [-0.15, -0.1) is 0 Å². The summed E-state index contributed by atoms with van der Waals surface area (Å²) in [6.45, 7) is 2.56. The summed E-state index contributed by atoms with van der Waals surface area (Å²) in [4.78, 5) is 25.8. The highest BCUT2D eigenvalue weighted by atomic mass is 19.1. The number of piperazine rings is 1. The van der Waals surface area contributed by atoms with Gasteiger partial charge in [-0.1, -0.05) is 0 Å². The Hall–Kier alpha value is -2.02. The molecule has 1 aromatic carbocycles. The highest BCUT2D eigenvalue weighted by Gasteiger charge is 2.22. The number of hydrogen-bond donors (Lipinski definition) is 0. The maximum absolute atomic E-state index is 13.3. The Morgan fingerprint density at radius 3 is 2.47 bits per heavy atom. The molecule has 0 aliphatic carbocycles. The Balaban J connectivity index is 2.21. The molecule has 0 N–H and O–H groups in total. The highest BCUT2D eigenvalue weighted by Crippen LogP contribution is 2.18. The standard InChI is InChI=1S/C12H14FN3O3/c1-14-2-4-15(5-3-14)12(17)9-6-10(13)8-11(7-9)16(18)19/h6-8H,2-5H2,1H3. The predicted molar refractivity (Wildman–Crippen MR) is 66.5 cm³/mol. The number of rotatable bonds is 2. The first kappa shape index (κ1) is 13.4. The first-order valence-corrected chi connectivity index (χ1v) is 5.90. The molecule has 7 heteroatoms. The largest absolute Gasteiger partial charge is 0.336 e. The van der Waals surface area contributed by atoms with Crippen LogP contribution in [0.25, 0.3) is 0 Å². The Morgan fingerprint density at radius 2 is 1.89 bits per heavy atom.